The van der Waals surface area contributed by atoms with E-state index in [1.54, 1.807) is 30.3 Å². The molecule has 0 spiro atoms. The molecular weight excluding hydrogens is 332 g/mol. The largest absolute Gasteiger partial charge is 0.348 e. The average Bonchev–Trinajstić information content (AvgIpc) is 2.67. The van der Waals surface area contributed by atoms with Crippen LogP contribution in [0.1, 0.15) is 21.5 Å². The first-order valence-corrected chi connectivity index (χ1v) is 8.17. The van der Waals surface area contributed by atoms with Gasteiger partial charge in [0.2, 0.25) is 0 Å². The fourth-order valence-corrected chi connectivity index (χ4v) is 2.71. The highest BCUT2D eigenvalue weighted by Crippen LogP contribution is 2.28. The zero-order chi connectivity index (χ0) is 17.6. The number of hydrogen-bond acceptors (Lipinski definition) is 2. The number of benzene rings is 3. The Hall–Kier alpha value is -3.09. The topological polar surface area (TPSA) is 52.9 Å². The van der Waals surface area contributed by atoms with Crippen molar-refractivity contribution in [2.24, 2.45) is 0 Å². The van der Waals surface area contributed by atoms with Crippen LogP contribution in [0.5, 0.6) is 0 Å². The number of nitrogens with zero attached hydrogens (tertiary/aromatic N) is 1. The van der Waals surface area contributed by atoms with Crippen molar-refractivity contribution in [3.05, 3.63) is 94.5 Å². The van der Waals surface area contributed by atoms with Crippen molar-refractivity contribution in [3.63, 3.8) is 0 Å². The third-order valence-corrected chi connectivity index (χ3v) is 4.18. The van der Waals surface area contributed by atoms with Gasteiger partial charge in [-0.2, -0.15) is 5.26 Å². The predicted molar refractivity (Wildman–Crippen MR) is 99.2 cm³/mol. The second-order valence-electron chi connectivity index (χ2n) is 5.55. The van der Waals surface area contributed by atoms with Crippen molar-refractivity contribution < 1.29 is 4.79 Å². The molecule has 0 bridgehead atoms. The van der Waals surface area contributed by atoms with Crippen LogP contribution in [0.4, 0.5) is 0 Å². The van der Waals surface area contributed by atoms with Gasteiger partial charge in [0.25, 0.3) is 5.91 Å². The van der Waals surface area contributed by atoms with E-state index in [9.17, 15) is 4.79 Å². The van der Waals surface area contributed by atoms with E-state index < -0.39 is 0 Å². The van der Waals surface area contributed by atoms with Crippen LogP contribution in [-0.2, 0) is 6.54 Å². The summed E-state index contributed by atoms with van der Waals surface area (Å²) in [6.45, 7) is 0.397. The summed E-state index contributed by atoms with van der Waals surface area (Å²) in [5.41, 5.74) is 3.88. The SMILES string of the molecule is N#Cc1ccc(CNC(=O)c2ccc(Cl)c(-c3ccccc3)c2)cc1. The van der Waals surface area contributed by atoms with E-state index in [4.69, 9.17) is 16.9 Å². The maximum absolute atomic E-state index is 12.4. The molecule has 4 heteroatoms. The molecule has 3 aromatic rings. The summed E-state index contributed by atoms with van der Waals surface area (Å²) in [5.74, 6) is -0.168. The Kier molecular flexibility index (Phi) is 5.13. The highest BCUT2D eigenvalue weighted by Gasteiger charge is 2.10. The smallest absolute Gasteiger partial charge is 0.251 e. The average molecular weight is 347 g/mol. The number of halogens is 1. The molecule has 1 amide bonds. The number of amides is 1. The summed E-state index contributed by atoms with van der Waals surface area (Å²) in [4.78, 5) is 12.4. The van der Waals surface area contributed by atoms with Gasteiger partial charge >= 0.3 is 0 Å². The van der Waals surface area contributed by atoms with Gasteiger partial charge in [-0.15, -0.1) is 0 Å². The van der Waals surface area contributed by atoms with Crippen molar-refractivity contribution >= 4 is 17.5 Å². The van der Waals surface area contributed by atoms with Crippen LogP contribution in [0, 0.1) is 11.3 Å². The Labute approximate surface area is 151 Å². The van der Waals surface area contributed by atoms with E-state index in [1.807, 2.05) is 42.5 Å². The van der Waals surface area contributed by atoms with Crippen molar-refractivity contribution in [3.8, 4) is 17.2 Å². The summed E-state index contributed by atoms with van der Waals surface area (Å²) < 4.78 is 0. The maximum atomic E-state index is 12.4. The maximum Gasteiger partial charge on any atom is 0.251 e. The van der Waals surface area contributed by atoms with Gasteiger partial charge in [-0.1, -0.05) is 54.1 Å². The Bertz CT molecular complexity index is 928. The standard InChI is InChI=1S/C21H15ClN2O/c22-20-11-10-18(12-19(20)17-4-2-1-3-5-17)21(25)24-14-16-8-6-15(13-23)7-9-16/h1-12H,14H2,(H,24,25). The monoisotopic (exact) mass is 346 g/mol. The molecule has 0 atom stereocenters. The molecule has 122 valence electrons. The van der Waals surface area contributed by atoms with Crippen LogP contribution in [0.15, 0.2) is 72.8 Å². The lowest BCUT2D eigenvalue weighted by molar-refractivity contribution is 0.0951. The Balaban J connectivity index is 1.75. The fourth-order valence-electron chi connectivity index (χ4n) is 2.49. The lowest BCUT2D eigenvalue weighted by atomic mass is 10.0. The fraction of sp³-hybridized carbons (Fsp3) is 0.0476. The van der Waals surface area contributed by atoms with E-state index in [1.165, 1.54) is 0 Å². The second kappa shape index (κ2) is 7.65. The molecule has 0 aliphatic rings. The minimum atomic E-state index is -0.168. The molecule has 0 fully saturated rings. The van der Waals surface area contributed by atoms with Crippen molar-refractivity contribution in [2.75, 3.05) is 0 Å². The lowest BCUT2D eigenvalue weighted by Crippen LogP contribution is -2.22. The number of nitrogens with one attached hydrogen (secondary N) is 1. The number of carbonyl (C=O) groups excluding carboxylic acids is 1. The van der Waals surface area contributed by atoms with E-state index in [0.717, 1.165) is 16.7 Å². The Morgan fingerprint density at radius 1 is 1.00 bits per heavy atom. The van der Waals surface area contributed by atoms with E-state index in [0.29, 0.717) is 22.7 Å². The summed E-state index contributed by atoms with van der Waals surface area (Å²) in [7, 11) is 0. The van der Waals surface area contributed by atoms with Crippen LogP contribution in [0.2, 0.25) is 5.02 Å². The lowest BCUT2D eigenvalue weighted by Gasteiger charge is -2.09. The van der Waals surface area contributed by atoms with E-state index >= 15 is 0 Å². The summed E-state index contributed by atoms with van der Waals surface area (Å²) in [5, 5.41) is 12.3. The molecule has 3 nitrogen and oxygen atoms in total. The molecule has 0 aliphatic carbocycles. The number of rotatable bonds is 4. The van der Waals surface area contributed by atoms with E-state index in [2.05, 4.69) is 11.4 Å². The van der Waals surface area contributed by atoms with Crippen LogP contribution in [-0.4, -0.2) is 5.91 Å². The van der Waals surface area contributed by atoms with Crippen molar-refractivity contribution in [2.45, 2.75) is 6.54 Å². The van der Waals surface area contributed by atoms with Gasteiger partial charge in [0, 0.05) is 22.7 Å². The molecule has 0 saturated heterocycles. The van der Waals surface area contributed by atoms with Gasteiger partial charge in [0.05, 0.1) is 11.6 Å². The molecule has 0 unspecified atom stereocenters. The first-order valence-electron chi connectivity index (χ1n) is 7.79. The zero-order valence-electron chi connectivity index (χ0n) is 13.4. The van der Waals surface area contributed by atoms with Gasteiger partial charge in [-0.3, -0.25) is 4.79 Å². The van der Waals surface area contributed by atoms with Crippen LogP contribution in [0.25, 0.3) is 11.1 Å². The number of nitriles is 1. The molecule has 0 radical (unpaired) electrons. The molecule has 0 saturated carbocycles. The van der Waals surface area contributed by atoms with Gasteiger partial charge in [-0.25, -0.2) is 0 Å². The van der Waals surface area contributed by atoms with Crippen LogP contribution in [0.3, 0.4) is 0 Å². The highest BCUT2D eigenvalue weighted by atomic mass is 35.5. The first-order chi connectivity index (χ1) is 12.2. The second-order valence-corrected chi connectivity index (χ2v) is 5.96. The van der Waals surface area contributed by atoms with Gasteiger partial charge in [0.1, 0.15) is 0 Å². The molecule has 1 N–H and O–H groups in total. The number of hydrogen-bond donors (Lipinski definition) is 1. The van der Waals surface area contributed by atoms with Crippen LogP contribution >= 0.6 is 11.6 Å². The normalized spacial score (nSPS) is 10.1. The van der Waals surface area contributed by atoms with Gasteiger partial charge in [0.15, 0.2) is 0 Å². The van der Waals surface area contributed by atoms with Crippen molar-refractivity contribution in [1.82, 2.24) is 5.32 Å². The highest BCUT2D eigenvalue weighted by molar-refractivity contribution is 6.33. The molecule has 25 heavy (non-hydrogen) atoms. The molecule has 0 aliphatic heterocycles. The summed E-state index contributed by atoms with van der Waals surface area (Å²) in [6, 6.07) is 24.2. The molecule has 0 heterocycles. The van der Waals surface area contributed by atoms with Gasteiger partial charge in [-0.05, 0) is 41.5 Å². The van der Waals surface area contributed by atoms with Gasteiger partial charge < -0.3 is 5.32 Å². The minimum absolute atomic E-state index is 0.168. The third-order valence-electron chi connectivity index (χ3n) is 3.85. The molecular formula is C21H15ClN2O. The molecule has 3 aromatic carbocycles. The Morgan fingerprint density at radius 2 is 1.72 bits per heavy atom. The third kappa shape index (κ3) is 4.06. The summed E-state index contributed by atoms with van der Waals surface area (Å²) in [6.07, 6.45) is 0. The minimum Gasteiger partial charge on any atom is -0.348 e. The zero-order valence-corrected chi connectivity index (χ0v) is 14.1. The Morgan fingerprint density at radius 3 is 2.40 bits per heavy atom. The van der Waals surface area contributed by atoms with E-state index in [-0.39, 0.29) is 5.91 Å². The molecule has 3 rings (SSSR count). The predicted octanol–water partition coefficient (Wildman–Crippen LogP) is 4.81. The quantitative estimate of drug-likeness (QED) is 0.737. The van der Waals surface area contributed by atoms with Crippen LogP contribution < -0.4 is 5.32 Å². The first kappa shape index (κ1) is 16.8. The molecule has 0 aromatic heterocycles. The summed E-state index contributed by atoms with van der Waals surface area (Å²) >= 11 is 6.28. The number of carbonyl (C=O) groups is 1. The van der Waals surface area contributed by atoms with Crippen molar-refractivity contribution in [1.29, 1.82) is 5.26 Å².